The minimum absolute atomic E-state index is 0.418. The van der Waals surface area contributed by atoms with Crippen molar-refractivity contribution >= 4 is 34.6 Å². The van der Waals surface area contributed by atoms with Gasteiger partial charge in [0.25, 0.3) is 0 Å². The molecule has 1 aliphatic heterocycles. The van der Waals surface area contributed by atoms with Gasteiger partial charge in [0.1, 0.15) is 17.6 Å². The number of rotatable bonds is 5. The molecule has 3 rings (SSSR count). The second-order valence-electron chi connectivity index (χ2n) is 5.75. The molecule has 0 bridgehead atoms. The van der Waals surface area contributed by atoms with E-state index in [9.17, 15) is 4.79 Å². The lowest BCUT2D eigenvalue weighted by molar-refractivity contribution is -0.726. The zero-order valence-electron chi connectivity index (χ0n) is 14.7. The Kier molecular flexibility index (Phi) is 5.35. The second kappa shape index (κ2) is 7.68. The molecule has 0 aliphatic carbocycles. The maximum absolute atomic E-state index is 11.5. The molecule has 6 nitrogen and oxygen atoms in total. The molecule has 2 unspecified atom stereocenters. The van der Waals surface area contributed by atoms with Crippen molar-refractivity contribution < 1.29 is 19.3 Å². The number of nitrogens with one attached hydrogen (secondary N) is 2. The van der Waals surface area contributed by atoms with Crippen LogP contribution in [-0.4, -0.2) is 26.2 Å². The number of benzene rings is 2. The Bertz CT molecular complexity index is 836. The van der Waals surface area contributed by atoms with E-state index in [2.05, 4.69) is 10.1 Å². The summed E-state index contributed by atoms with van der Waals surface area (Å²) < 4.78 is 10.2. The van der Waals surface area contributed by atoms with E-state index in [0.29, 0.717) is 10.8 Å². The van der Waals surface area contributed by atoms with Gasteiger partial charge in [-0.05, 0) is 30.7 Å². The van der Waals surface area contributed by atoms with Crippen LogP contribution < -0.4 is 15.1 Å². The maximum Gasteiger partial charge on any atom is 0.346 e. The van der Waals surface area contributed by atoms with Gasteiger partial charge in [-0.15, -0.1) is 0 Å². The zero-order chi connectivity index (χ0) is 18.7. The number of hydrogen-bond donors (Lipinski definition) is 2. The molecule has 0 radical (unpaired) electrons. The molecule has 2 aromatic rings. The number of quaternary nitrogens is 1. The standard InChI is InChI=1S/C19H20ClN3O3/c1-12(19(24)25-3)26-14-9-7-13(8-10-14)23-11-17(21-2)15-5-4-6-16(20)18(15)22-23/h4-12,21,23H,1-3H3. The van der Waals surface area contributed by atoms with E-state index in [1.807, 2.05) is 43.6 Å². The van der Waals surface area contributed by atoms with Gasteiger partial charge in [0.2, 0.25) is 0 Å². The third kappa shape index (κ3) is 3.61. The molecule has 136 valence electrons. The molecule has 0 aromatic heterocycles. The number of carbonyl (C=O) groups is 1. The summed E-state index contributed by atoms with van der Waals surface area (Å²) in [6.45, 7) is 1.64. The molecule has 0 amide bonds. The fourth-order valence-corrected chi connectivity index (χ4v) is 2.91. The number of halogens is 1. The highest BCUT2D eigenvalue weighted by Gasteiger charge is 2.18. The lowest BCUT2D eigenvalue weighted by Gasteiger charge is -2.36. The number of hydrogen-bond acceptors (Lipinski definition) is 4. The molecule has 2 atom stereocenters. The molecule has 2 N–H and O–H groups in total. The Morgan fingerprint density at radius 2 is 1.96 bits per heavy atom. The fourth-order valence-electron chi connectivity index (χ4n) is 2.69. The van der Waals surface area contributed by atoms with Gasteiger partial charge in [-0.2, -0.15) is 0 Å². The SMILES string of the molecule is CNC1=C[NH+](c2ccc(OC(C)C(=O)OC)cc2)[N-]c2c(Cl)cccc21. The summed E-state index contributed by atoms with van der Waals surface area (Å²) >= 11 is 6.32. The average molecular weight is 374 g/mol. The highest BCUT2D eigenvalue weighted by molar-refractivity contribution is 6.33. The summed E-state index contributed by atoms with van der Waals surface area (Å²) in [7, 11) is 3.20. The first-order chi connectivity index (χ1) is 12.5. The van der Waals surface area contributed by atoms with Gasteiger partial charge >= 0.3 is 5.97 Å². The van der Waals surface area contributed by atoms with E-state index >= 15 is 0 Å². The number of carbonyl (C=O) groups excluding carboxylic acids is 1. The van der Waals surface area contributed by atoms with Gasteiger partial charge in [0, 0.05) is 24.2 Å². The molecule has 0 spiro atoms. The molecule has 2 aromatic carbocycles. The van der Waals surface area contributed by atoms with Gasteiger partial charge < -0.3 is 25.2 Å². The van der Waals surface area contributed by atoms with Crippen molar-refractivity contribution in [3.05, 3.63) is 64.7 Å². The Morgan fingerprint density at radius 3 is 2.62 bits per heavy atom. The van der Waals surface area contributed by atoms with Crippen molar-refractivity contribution in [1.29, 1.82) is 0 Å². The number of ether oxygens (including phenoxy) is 2. The van der Waals surface area contributed by atoms with E-state index in [-0.39, 0.29) is 0 Å². The number of nitrogens with zero attached hydrogens (tertiary/aromatic N) is 1. The van der Waals surface area contributed by atoms with Crippen molar-refractivity contribution in [3.8, 4) is 5.75 Å². The monoisotopic (exact) mass is 373 g/mol. The Morgan fingerprint density at radius 1 is 1.23 bits per heavy atom. The number of para-hydroxylation sites is 1. The van der Waals surface area contributed by atoms with E-state index in [4.69, 9.17) is 21.8 Å². The second-order valence-corrected chi connectivity index (χ2v) is 6.16. The third-order valence-corrected chi connectivity index (χ3v) is 4.36. The van der Waals surface area contributed by atoms with Crippen LogP contribution in [0, 0.1) is 0 Å². The van der Waals surface area contributed by atoms with E-state index in [1.165, 1.54) is 7.11 Å². The lowest BCUT2D eigenvalue weighted by atomic mass is 10.1. The van der Waals surface area contributed by atoms with Crippen LogP contribution >= 0.6 is 11.6 Å². The smallest absolute Gasteiger partial charge is 0.346 e. The molecular weight excluding hydrogens is 354 g/mol. The van der Waals surface area contributed by atoms with Crippen LogP contribution in [0.4, 0.5) is 11.4 Å². The minimum atomic E-state index is -0.667. The summed E-state index contributed by atoms with van der Waals surface area (Å²) in [6, 6.07) is 13.1. The van der Waals surface area contributed by atoms with Crippen LogP contribution in [0.15, 0.2) is 48.7 Å². The van der Waals surface area contributed by atoms with E-state index in [0.717, 1.165) is 27.6 Å². The highest BCUT2D eigenvalue weighted by Crippen LogP contribution is 2.36. The van der Waals surface area contributed by atoms with Crippen LogP contribution in [-0.2, 0) is 9.53 Å². The van der Waals surface area contributed by atoms with Gasteiger partial charge in [0.15, 0.2) is 6.10 Å². The van der Waals surface area contributed by atoms with Crippen molar-refractivity contribution in [2.24, 2.45) is 0 Å². The van der Waals surface area contributed by atoms with Crippen molar-refractivity contribution in [2.75, 3.05) is 14.2 Å². The predicted octanol–water partition coefficient (Wildman–Crippen LogP) is 2.95. The molecule has 0 saturated carbocycles. The molecular formula is C19H20ClN3O3. The number of methoxy groups -OCH3 is 1. The molecule has 26 heavy (non-hydrogen) atoms. The first-order valence-corrected chi connectivity index (χ1v) is 8.53. The fraction of sp³-hybridized carbons (Fsp3) is 0.211. The Balaban J connectivity index is 1.82. The summed E-state index contributed by atoms with van der Waals surface area (Å²) in [5, 5.41) is 4.59. The molecule has 1 heterocycles. The first-order valence-electron chi connectivity index (χ1n) is 8.15. The van der Waals surface area contributed by atoms with Crippen molar-refractivity contribution in [1.82, 2.24) is 5.32 Å². The largest absolute Gasteiger partial charge is 0.479 e. The van der Waals surface area contributed by atoms with Crippen molar-refractivity contribution in [3.63, 3.8) is 0 Å². The number of esters is 1. The average Bonchev–Trinajstić information content (AvgIpc) is 2.67. The normalized spacial score (nSPS) is 16.6. The highest BCUT2D eigenvalue weighted by atomic mass is 35.5. The Labute approximate surface area is 157 Å². The molecule has 7 heteroatoms. The Hall–Kier alpha value is -2.70. The summed E-state index contributed by atoms with van der Waals surface area (Å²) in [6.07, 6.45) is 1.31. The number of fused-ring (bicyclic) bond motifs is 1. The van der Waals surface area contributed by atoms with Gasteiger partial charge in [0.05, 0.1) is 12.8 Å². The predicted molar refractivity (Wildman–Crippen MR) is 101 cm³/mol. The van der Waals surface area contributed by atoms with E-state index < -0.39 is 12.1 Å². The molecule has 1 aliphatic rings. The third-order valence-electron chi connectivity index (χ3n) is 4.06. The first kappa shape index (κ1) is 18.1. The minimum Gasteiger partial charge on any atom is -0.479 e. The summed E-state index contributed by atoms with van der Waals surface area (Å²) in [4.78, 5) is 11.5. The zero-order valence-corrected chi connectivity index (χ0v) is 15.5. The topological polar surface area (TPSA) is 66.1 Å². The maximum atomic E-state index is 11.5. The molecule has 0 fully saturated rings. The van der Waals surface area contributed by atoms with Gasteiger partial charge in [-0.25, -0.2) is 4.79 Å². The van der Waals surface area contributed by atoms with Gasteiger partial charge in [-0.3, -0.25) is 0 Å². The quantitative estimate of drug-likeness (QED) is 0.791. The van der Waals surface area contributed by atoms with E-state index in [1.54, 1.807) is 19.1 Å². The van der Waals surface area contributed by atoms with Crippen LogP contribution in [0.25, 0.3) is 11.1 Å². The van der Waals surface area contributed by atoms with Crippen LogP contribution in [0.1, 0.15) is 12.5 Å². The van der Waals surface area contributed by atoms with Crippen LogP contribution in [0.3, 0.4) is 0 Å². The summed E-state index contributed by atoms with van der Waals surface area (Å²) in [5.74, 6) is 0.165. The molecule has 0 saturated heterocycles. The van der Waals surface area contributed by atoms with Crippen molar-refractivity contribution in [2.45, 2.75) is 13.0 Å². The lowest BCUT2D eigenvalue weighted by Crippen LogP contribution is -2.98. The van der Waals surface area contributed by atoms with Gasteiger partial charge in [-0.1, -0.05) is 29.4 Å². The summed E-state index contributed by atoms with van der Waals surface area (Å²) in [5.41, 5.74) is 8.28. The van der Waals surface area contributed by atoms with Crippen LogP contribution in [0.2, 0.25) is 5.02 Å². The van der Waals surface area contributed by atoms with Crippen LogP contribution in [0.5, 0.6) is 5.75 Å².